The third-order valence-electron chi connectivity index (χ3n) is 3.73. The molecule has 4 rings (SSSR count). The molecule has 21 heavy (non-hydrogen) atoms. The molecule has 1 aliphatic rings. The molecule has 0 radical (unpaired) electrons. The van der Waals surface area contributed by atoms with Crippen molar-refractivity contribution in [1.29, 1.82) is 0 Å². The molecule has 0 bridgehead atoms. The van der Waals surface area contributed by atoms with Crippen molar-refractivity contribution in [3.63, 3.8) is 0 Å². The van der Waals surface area contributed by atoms with Crippen LogP contribution in [0.1, 0.15) is 23.1 Å². The number of hydrogen-bond acceptors (Lipinski definition) is 5. The van der Waals surface area contributed by atoms with Gasteiger partial charge in [0.05, 0.1) is 0 Å². The van der Waals surface area contributed by atoms with Gasteiger partial charge in [-0.05, 0) is 30.2 Å². The van der Waals surface area contributed by atoms with Crippen molar-refractivity contribution in [2.75, 3.05) is 5.32 Å². The van der Waals surface area contributed by atoms with Crippen LogP contribution < -0.4 is 5.32 Å². The van der Waals surface area contributed by atoms with Crippen LogP contribution in [0.15, 0.2) is 47.1 Å². The number of pyridine rings is 1. The molecule has 104 valence electrons. The summed E-state index contributed by atoms with van der Waals surface area (Å²) >= 11 is 0. The Labute approximate surface area is 122 Å². The monoisotopic (exact) mass is 278 g/mol. The number of aryl methyl sites for hydroxylation is 1. The van der Waals surface area contributed by atoms with E-state index in [1.165, 1.54) is 5.56 Å². The summed E-state index contributed by atoms with van der Waals surface area (Å²) < 4.78 is 5.43. The van der Waals surface area contributed by atoms with Crippen molar-refractivity contribution >= 4 is 5.69 Å². The third-order valence-corrected chi connectivity index (χ3v) is 3.73. The van der Waals surface area contributed by atoms with Crippen LogP contribution in [-0.4, -0.2) is 15.1 Å². The van der Waals surface area contributed by atoms with Crippen LogP contribution in [0.25, 0.3) is 11.5 Å². The predicted molar refractivity (Wildman–Crippen MR) is 78.8 cm³/mol. The van der Waals surface area contributed by atoms with Gasteiger partial charge in [0, 0.05) is 18.3 Å². The molecule has 1 aliphatic heterocycles. The average Bonchev–Trinajstić information content (AvgIpc) is 3.14. The van der Waals surface area contributed by atoms with Crippen molar-refractivity contribution in [3.05, 3.63) is 59.6 Å². The van der Waals surface area contributed by atoms with E-state index in [0.717, 1.165) is 23.4 Å². The minimum absolute atomic E-state index is 0.0349. The Bertz CT molecular complexity index is 771. The van der Waals surface area contributed by atoms with Crippen LogP contribution in [0.4, 0.5) is 5.69 Å². The van der Waals surface area contributed by atoms with Crippen LogP contribution in [0, 0.1) is 6.92 Å². The number of para-hydroxylation sites is 1. The highest BCUT2D eigenvalue weighted by Gasteiger charge is 2.27. The Balaban J connectivity index is 1.63. The predicted octanol–water partition coefficient (Wildman–Crippen LogP) is 3.15. The Morgan fingerprint density at radius 3 is 2.95 bits per heavy atom. The summed E-state index contributed by atoms with van der Waals surface area (Å²) in [5, 5.41) is 7.48. The van der Waals surface area contributed by atoms with E-state index < -0.39 is 0 Å². The van der Waals surface area contributed by atoms with E-state index in [4.69, 9.17) is 4.52 Å². The van der Waals surface area contributed by atoms with Crippen molar-refractivity contribution in [1.82, 2.24) is 15.1 Å². The first-order valence-electron chi connectivity index (χ1n) is 6.91. The first-order valence-corrected chi connectivity index (χ1v) is 6.91. The fraction of sp³-hybridized carbons (Fsp3) is 0.188. The largest absolute Gasteiger partial charge is 0.373 e. The molecule has 0 amide bonds. The van der Waals surface area contributed by atoms with E-state index >= 15 is 0 Å². The molecule has 5 heteroatoms. The van der Waals surface area contributed by atoms with Gasteiger partial charge in [0.15, 0.2) is 0 Å². The Hall–Kier alpha value is -2.69. The number of fused-ring (bicyclic) bond motifs is 1. The summed E-state index contributed by atoms with van der Waals surface area (Å²) in [5.74, 6) is 1.15. The van der Waals surface area contributed by atoms with Gasteiger partial charge < -0.3 is 9.84 Å². The zero-order valence-electron chi connectivity index (χ0n) is 11.6. The lowest BCUT2D eigenvalue weighted by molar-refractivity contribution is 0.364. The minimum Gasteiger partial charge on any atom is -0.373 e. The average molecular weight is 278 g/mol. The van der Waals surface area contributed by atoms with Crippen LogP contribution in [-0.2, 0) is 6.42 Å². The fourth-order valence-corrected chi connectivity index (χ4v) is 2.64. The quantitative estimate of drug-likeness (QED) is 0.780. The van der Waals surface area contributed by atoms with Gasteiger partial charge in [-0.3, -0.25) is 4.98 Å². The first kappa shape index (κ1) is 12.1. The molecule has 2 aromatic heterocycles. The summed E-state index contributed by atoms with van der Waals surface area (Å²) in [6.45, 7) is 1.99. The maximum atomic E-state index is 5.43. The van der Waals surface area contributed by atoms with Gasteiger partial charge >= 0.3 is 0 Å². The first-order chi connectivity index (χ1) is 10.3. The number of nitrogens with zero attached hydrogens (tertiary/aromatic N) is 3. The highest BCUT2D eigenvalue weighted by Crippen LogP contribution is 2.33. The molecule has 0 saturated carbocycles. The maximum absolute atomic E-state index is 5.43. The van der Waals surface area contributed by atoms with E-state index in [0.29, 0.717) is 11.7 Å². The van der Waals surface area contributed by atoms with Crippen LogP contribution in [0.5, 0.6) is 0 Å². The number of hydrogen-bond donors (Lipinski definition) is 1. The van der Waals surface area contributed by atoms with Crippen molar-refractivity contribution < 1.29 is 4.52 Å². The SMILES string of the molecule is Cc1cccnc1-c1noc(C2Cc3ccccc3N2)n1. The highest BCUT2D eigenvalue weighted by molar-refractivity contribution is 5.58. The molecule has 1 N–H and O–H groups in total. The second kappa shape index (κ2) is 4.70. The second-order valence-electron chi connectivity index (χ2n) is 5.18. The van der Waals surface area contributed by atoms with E-state index in [1.54, 1.807) is 6.20 Å². The zero-order valence-corrected chi connectivity index (χ0v) is 11.6. The summed E-state index contributed by atoms with van der Waals surface area (Å²) in [6, 6.07) is 12.2. The standard InChI is InChI=1S/C16H14N4O/c1-10-5-4-8-17-14(10)15-19-16(21-20-15)13-9-11-6-2-3-7-12(11)18-13/h2-8,13,18H,9H2,1H3. The summed E-state index contributed by atoms with van der Waals surface area (Å²) in [6.07, 6.45) is 2.60. The Morgan fingerprint density at radius 1 is 1.19 bits per heavy atom. The molecule has 0 fully saturated rings. The number of anilines is 1. The molecule has 1 atom stereocenters. The second-order valence-corrected chi connectivity index (χ2v) is 5.18. The number of benzene rings is 1. The molecule has 5 nitrogen and oxygen atoms in total. The highest BCUT2D eigenvalue weighted by atomic mass is 16.5. The van der Waals surface area contributed by atoms with Crippen molar-refractivity contribution in [2.45, 2.75) is 19.4 Å². The zero-order chi connectivity index (χ0) is 14.2. The van der Waals surface area contributed by atoms with Crippen molar-refractivity contribution in [3.8, 4) is 11.5 Å². The van der Waals surface area contributed by atoms with Gasteiger partial charge in [-0.2, -0.15) is 4.98 Å². The molecule has 0 aliphatic carbocycles. The van der Waals surface area contributed by atoms with Crippen LogP contribution in [0.3, 0.4) is 0 Å². The summed E-state index contributed by atoms with van der Waals surface area (Å²) in [4.78, 5) is 8.83. The third kappa shape index (κ3) is 2.07. The molecule has 3 aromatic rings. The van der Waals surface area contributed by atoms with Gasteiger partial charge in [-0.25, -0.2) is 0 Å². The van der Waals surface area contributed by atoms with E-state index in [9.17, 15) is 0 Å². The van der Waals surface area contributed by atoms with E-state index in [2.05, 4.69) is 32.6 Å². The Kier molecular flexibility index (Phi) is 2.70. The Morgan fingerprint density at radius 2 is 2.10 bits per heavy atom. The fourth-order valence-electron chi connectivity index (χ4n) is 2.64. The topological polar surface area (TPSA) is 63.8 Å². The molecule has 1 aromatic carbocycles. The lowest BCUT2D eigenvalue weighted by atomic mass is 10.1. The number of nitrogens with one attached hydrogen (secondary N) is 1. The normalized spacial score (nSPS) is 16.5. The minimum atomic E-state index is 0.0349. The van der Waals surface area contributed by atoms with E-state index in [-0.39, 0.29) is 6.04 Å². The number of aromatic nitrogens is 3. The maximum Gasteiger partial charge on any atom is 0.249 e. The molecule has 1 unspecified atom stereocenters. The van der Waals surface area contributed by atoms with Gasteiger partial charge in [-0.1, -0.05) is 29.4 Å². The van der Waals surface area contributed by atoms with Gasteiger partial charge in [0.1, 0.15) is 11.7 Å². The lowest BCUT2D eigenvalue weighted by Gasteiger charge is -2.04. The molecular formula is C16H14N4O. The van der Waals surface area contributed by atoms with Gasteiger partial charge in [-0.15, -0.1) is 0 Å². The van der Waals surface area contributed by atoms with Crippen LogP contribution in [0.2, 0.25) is 0 Å². The molecule has 3 heterocycles. The smallest absolute Gasteiger partial charge is 0.249 e. The summed E-state index contributed by atoms with van der Waals surface area (Å²) in [7, 11) is 0. The van der Waals surface area contributed by atoms with Crippen LogP contribution >= 0.6 is 0 Å². The lowest BCUT2D eigenvalue weighted by Crippen LogP contribution is -2.06. The summed E-state index contributed by atoms with van der Waals surface area (Å²) in [5.41, 5.74) is 4.21. The molecule has 0 spiro atoms. The van der Waals surface area contributed by atoms with E-state index in [1.807, 2.05) is 31.2 Å². The van der Waals surface area contributed by atoms with Crippen molar-refractivity contribution in [2.24, 2.45) is 0 Å². The van der Waals surface area contributed by atoms with Gasteiger partial charge in [0.2, 0.25) is 11.7 Å². The van der Waals surface area contributed by atoms with Gasteiger partial charge in [0.25, 0.3) is 0 Å². The molecular weight excluding hydrogens is 264 g/mol. The number of rotatable bonds is 2. The molecule has 0 saturated heterocycles.